The molecule has 0 atom stereocenters. The van der Waals surface area contributed by atoms with E-state index in [1.807, 2.05) is 60.9 Å². The molecule has 7 rings (SSSR count). The Hall–Kier alpha value is -4.96. The molecule has 45 heavy (non-hydrogen) atoms. The standard InChI is InChI=1S/C41H38N4/c1-39(2,3)27-19-21-29-30-22-20-28(40(4,5)6)26-32(30)41(31(29)25-27,37-17-11-15-35(44-37)33-13-7-9-23-42-33)38-18-12-16-36(45-38)34-14-8-10-24-43-34/h7-26H,1-6H3. The van der Waals surface area contributed by atoms with E-state index in [4.69, 9.17) is 9.97 Å². The van der Waals surface area contributed by atoms with Gasteiger partial charge in [0.05, 0.1) is 34.2 Å². The highest BCUT2D eigenvalue weighted by Crippen LogP contribution is 2.56. The van der Waals surface area contributed by atoms with Crippen molar-refractivity contribution in [1.82, 2.24) is 19.9 Å². The van der Waals surface area contributed by atoms with Crippen molar-refractivity contribution in [2.45, 2.75) is 57.8 Å². The van der Waals surface area contributed by atoms with Crippen LogP contribution in [-0.4, -0.2) is 19.9 Å². The maximum Gasteiger partial charge on any atom is 0.106 e. The van der Waals surface area contributed by atoms with Crippen LogP contribution in [-0.2, 0) is 16.2 Å². The van der Waals surface area contributed by atoms with Crippen LogP contribution >= 0.6 is 0 Å². The Morgan fingerprint density at radius 3 is 1.24 bits per heavy atom. The molecule has 1 aliphatic rings. The highest BCUT2D eigenvalue weighted by Gasteiger charge is 2.49. The number of pyridine rings is 4. The number of hydrogen-bond donors (Lipinski definition) is 0. The lowest BCUT2D eigenvalue weighted by Crippen LogP contribution is -2.32. The molecule has 222 valence electrons. The molecule has 4 nitrogen and oxygen atoms in total. The molecule has 6 aromatic rings. The Morgan fingerprint density at radius 2 is 0.867 bits per heavy atom. The summed E-state index contributed by atoms with van der Waals surface area (Å²) in [7, 11) is 0. The molecule has 4 heteroatoms. The molecule has 0 N–H and O–H groups in total. The third-order valence-electron chi connectivity index (χ3n) is 8.99. The molecule has 1 aliphatic carbocycles. The Morgan fingerprint density at radius 1 is 0.444 bits per heavy atom. The average Bonchev–Trinajstić information content (AvgIpc) is 3.35. The van der Waals surface area contributed by atoms with Gasteiger partial charge in [-0.05, 0) is 92.7 Å². The summed E-state index contributed by atoms with van der Waals surface area (Å²) in [5, 5.41) is 0. The molecule has 0 unspecified atom stereocenters. The van der Waals surface area contributed by atoms with E-state index in [2.05, 4.69) is 112 Å². The van der Waals surface area contributed by atoms with Crippen molar-refractivity contribution < 1.29 is 0 Å². The van der Waals surface area contributed by atoms with Gasteiger partial charge in [0.1, 0.15) is 5.41 Å². The third-order valence-corrected chi connectivity index (χ3v) is 8.99. The van der Waals surface area contributed by atoms with E-state index in [9.17, 15) is 0 Å². The minimum Gasteiger partial charge on any atom is -0.255 e. The second kappa shape index (κ2) is 10.6. The van der Waals surface area contributed by atoms with Gasteiger partial charge in [0, 0.05) is 12.4 Å². The molecule has 0 fully saturated rings. The van der Waals surface area contributed by atoms with Gasteiger partial charge >= 0.3 is 0 Å². The first-order chi connectivity index (χ1) is 21.6. The van der Waals surface area contributed by atoms with Crippen molar-refractivity contribution >= 4 is 0 Å². The molecular formula is C41H38N4. The SMILES string of the molecule is CC(C)(C)c1ccc2c(c1)C(c1cccc(-c3ccccn3)n1)(c1cccc(-c3ccccn3)n1)c1cc(C(C)(C)C)ccc1-2. The second-order valence-corrected chi connectivity index (χ2v) is 14.0. The van der Waals surface area contributed by atoms with Crippen LogP contribution in [0.4, 0.5) is 0 Å². The summed E-state index contributed by atoms with van der Waals surface area (Å²) < 4.78 is 0. The molecule has 4 heterocycles. The van der Waals surface area contributed by atoms with E-state index in [-0.39, 0.29) is 10.8 Å². The van der Waals surface area contributed by atoms with E-state index in [1.165, 1.54) is 33.4 Å². The quantitative estimate of drug-likeness (QED) is 0.206. The predicted octanol–water partition coefficient (Wildman–Crippen LogP) is 9.56. The molecule has 0 saturated heterocycles. The molecule has 0 amide bonds. The topological polar surface area (TPSA) is 51.6 Å². The van der Waals surface area contributed by atoms with Crippen LogP contribution in [0.15, 0.2) is 122 Å². The number of fused-ring (bicyclic) bond motifs is 3. The maximum atomic E-state index is 5.44. The summed E-state index contributed by atoms with van der Waals surface area (Å²) in [4.78, 5) is 20.2. The van der Waals surface area contributed by atoms with E-state index in [1.54, 1.807) is 0 Å². The number of nitrogens with zero attached hydrogens (tertiary/aromatic N) is 4. The van der Waals surface area contributed by atoms with Crippen molar-refractivity contribution in [2.24, 2.45) is 0 Å². The molecule has 0 radical (unpaired) electrons. The van der Waals surface area contributed by atoms with Gasteiger partial charge < -0.3 is 0 Å². The van der Waals surface area contributed by atoms with Crippen LogP contribution in [0.1, 0.15) is 75.2 Å². The summed E-state index contributed by atoms with van der Waals surface area (Å²) in [6.07, 6.45) is 3.64. The van der Waals surface area contributed by atoms with Crippen LogP contribution in [0.5, 0.6) is 0 Å². The zero-order chi connectivity index (χ0) is 31.4. The first-order valence-corrected chi connectivity index (χ1v) is 15.6. The van der Waals surface area contributed by atoms with Crippen molar-refractivity contribution in [3.63, 3.8) is 0 Å². The van der Waals surface area contributed by atoms with E-state index < -0.39 is 5.41 Å². The van der Waals surface area contributed by atoms with Crippen LogP contribution < -0.4 is 0 Å². The minimum absolute atomic E-state index is 0.0431. The second-order valence-electron chi connectivity index (χ2n) is 14.0. The Bertz CT molecular complexity index is 1870. The number of rotatable bonds is 4. The number of benzene rings is 2. The van der Waals surface area contributed by atoms with Gasteiger partial charge in [-0.25, -0.2) is 9.97 Å². The largest absolute Gasteiger partial charge is 0.255 e. The normalized spacial score (nSPS) is 13.7. The summed E-state index contributed by atoms with van der Waals surface area (Å²) in [6.45, 7) is 13.6. The number of hydrogen-bond acceptors (Lipinski definition) is 4. The van der Waals surface area contributed by atoms with E-state index in [0.717, 1.165) is 34.2 Å². The molecule has 2 aromatic carbocycles. The van der Waals surface area contributed by atoms with Crippen LogP contribution in [0.2, 0.25) is 0 Å². The zero-order valence-corrected chi connectivity index (χ0v) is 26.8. The van der Waals surface area contributed by atoms with Gasteiger partial charge in [-0.15, -0.1) is 0 Å². The summed E-state index contributed by atoms with van der Waals surface area (Å²) in [6, 6.07) is 38.5. The Labute approximate surface area is 266 Å². The fourth-order valence-electron chi connectivity index (χ4n) is 6.54. The highest BCUT2D eigenvalue weighted by atomic mass is 14.8. The van der Waals surface area contributed by atoms with Crippen LogP contribution in [0, 0.1) is 0 Å². The summed E-state index contributed by atoms with van der Waals surface area (Å²) in [5.74, 6) is 0. The molecule has 0 saturated carbocycles. The first-order valence-electron chi connectivity index (χ1n) is 15.6. The minimum atomic E-state index is -0.775. The fourth-order valence-corrected chi connectivity index (χ4v) is 6.54. The fraction of sp³-hybridized carbons (Fsp3) is 0.220. The lowest BCUT2D eigenvalue weighted by molar-refractivity contribution is 0.584. The van der Waals surface area contributed by atoms with Crippen LogP contribution in [0.25, 0.3) is 33.9 Å². The highest BCUT2D eigenvalue weighted by molar-refractivity contribution is 5.86. The van der Waals surface area contributed by atoms with E-state index in [0.29, 0.717) is 0 Å². The zero-order valence-electron chi connectivity index (χ0n) is 26.8. The lowest BCUT2D eigenvalue weighted by Gasteiger charge is -2.34. The Kier molecular flexibility index (Phi) is 6.77. The van der Waals surface area contributed by atoms with Gasteiger partial charge in [0.25, 0.3) is 0 Å². The smallest absolute Gasteiger partial charge is 0.106 e. The molecule has 4 aromatic heterocycles. The molecule has 0 aliphatic heterocycles. The number of aromatic nitrogens is 4. The maximum absolute atomic E-state index is 5.44. The van der Waals surface area contributed by atoms with E-state index >= 15 is 0 Å². The van der Waals surface area contributed by atoms with Crippen molar-refractivity contribution in [3.05, 3.63) is 155 Å². The average molecular weight is 587 g/mol. The third kappa shape index (κ3) is 4.85. The Balaban J connectivity index is 1.62. The van der Waals surface area contributed by atoms with Gasteiger partial charge in [-0.2, -0.15) is 0 Å². The van der Waals surface area contributed by atoms with Gasteiger partial charge in [0.2, 0.25) is 0 Å². The van der Waals surface area contributed by atoms with Crippen molar-refractivity contribution in [3.8, 4) is 33.9 Å². The molecule has 0 spiro atoms. The first kappa shape index (κ1) is 28.8. The summed E-state index contributed by atoms with van der Waals surface area (Å²) >= 11 is 0. The van der Waals surface area contributed by atoms with Crippen molar-refractivity contribution in [2.75, 3.05) is 0 Å². The monoisotopic (exact) mass is 586 g/mol. The lowest BCUT2D eigenvalue weighted by atomic mass is 9.70. The predicted molar refractivity (Wildman–Crippen MR) is 183 cm³/mol. The molecule has 0 bridgehead atoms. The van der Waals surface area contributed by atoms with Gasteiger partial charge in [-0.1, -0.05) is 102 Å². The van der Waals surface area contributed by atoms with Gasteiger partial charge in [0.15, 0.2) is 0 Å². The summed E-state index contributed by atoms with van der Waals surface area (Å²) in [5.41, 5.74) is 11.7. The van der Waals surface area contributed by atoms with Crippen molar-refractivity contribution in [1.29, 1.82) is 0 Å². The van der Waals surface area contributed by atoms with Crippen LogP contribution in [0.3, 0.4) is 0 Å². The van der Waals surface area contributed by atoms with Gasteiger partial charge in [-0.3, -0.25) is 9.97 Å². The molecular weight excluding hydrogens is 548 g/mol.